The Morgan fingerprint density at radius 3 is 2.43 bits per heavy atom. The standard InChI is InChI=1S/C18H22BrFN2O5S/c1-17(2,3)27-16(24)18(4,28(5,25)26)6-7-22-10-21-14-9-12(19)13(20)8-11(14)15(22)23/h8-10H,6-7H2,1-5H3. The lowest BCUT2D eigenvalue weighted by Gasteiger charge is -2.30. The molecule has 10 heteroatoms. The number of carbonyl (C=O) groups excluding carboxylic acids is 1. The molecule has 1 unspecified atom stereocenters. The maximum atomic E-state index is 13.8. The van der Waals surface area contributed by atoms with Gasteiger partial charge < -0.3 is 4.74 Å². The monoisotopic (exact) mass is 476 g/mol. The van der Waals surface area contributed by atoms with E-state index in [4.69, 9.17) is 4.74 Å². The zero-order valence-electron chi connectivity index (χ0n) is 16.2. The predicted molar refractivity (Wildman–Crippen MR) is 107 cm³/mol. The lowest BCUT2D eigenvalue weighted by molar-refractivity contribution is -0.157. The Morgan fingerprint density at radius 2 is 1.89 bits per heavy atom. The third kappa shape index (κ3) is 4.60. The van der Waals surface area contributed by atoms with Crippen LogP contribution in [0.15, 0.2) is 27.7 Å². The van der Waals surface area contributed by atoms with E-state index in [1.807, 2.05) is 0 Å². The minimum Gasteiger partial charge on any atom is -0.459 e. The molecule has 0 N–H and O–H groups in total. The fourth-order valence-corrected chi connectivity index (χ4v) is 3.61. The number of hydrogen-bond donors (Lipinski definition) is 0. The number of nitrogens with zero attached hydrogens (tertiary/aromatic N) is 2. The van der Waals surface area contributed by atoms with Crippen molar-refractivity contribution in [2.75, 3.05) is 6.26 Å². The van der Waals surface area contributed by atoms with E-state index in [0.717, 1.165) is 16.9 Å². The Labute approximate surface area is 171 Å². The fraction of sp³-hybridized carbons (Fsp3) is 0.500. The van der Waals surface area contributed by atoms with Crippen molar-refractivity contribution >= 4 is 42.6 Å². The Bertz CT molecular complexity index is 1090. The number of rotatable bonds is 5. The smallest absolute Gasteiger partial charge is 0.327 e. The number of aryl methyl sites for hydroxylation is 1. The second-order valence-electron chi connectivity index (χ2n) is 7.78. The molecule has 2 rings (SSSR count). The normalized spacial score (nSPS) is 14.7. The molecule has 0 aliphatic heterocycles. The zero-order chi connectivity index (χ0) is 21.5. The number of sulfone groups is 1. The highest BCUT2D eigenvalue weighted by Gasteiger charge is 2.46. The van der Waals surface area contributed by atoms with Crippen LogP contribution in [0, 0.1) is 5.82 Å². The van der Waals surface area contributed by atoms with Gasteiger partial charge in [0.1, 0.15) is 11.4 Å². The van der Waals surface area contributed by atoms with Gasteiger partial charge in [-0.05, 0) is 62.2 Å². The first-order chi connectivity index (χ1) is 12.7. The van der Waals surface area contributed by atoms with Gasteiger partial charge in [-0.25, -0.2) is 17.8 Å². The molecule has 0 aliphatic carbocycles. The second kappa shape index (κ2) is 7.55. The van der Waals surface area contributed by atoms with Crippen molar-refractivity contribution in [2.24, 2.45) is 0 Å². The number of hydrogen-bond acceptors (Lipinski definition) is 6. The average Bonchev–Trinajstić information content (AvgIpc) is 2.53. The molecule has 28 heavy (non-hydrogen) atoms. The first-order valence-corrected chi connectivity index (χ1v) is 11.1. The van der Waals surface area contributed by atoms with Crippen molar-refractivity contribution in [3.63, 3.8) is 0 Å². The molecule has 154 valence electrons. The molecule has 0 spiro atoms. The highest BCUT2D eigenvalue weighted by atomic mass is 79.9. The number of carbonyl (C=O) groups is 1. The Hall–Kier alpha value is -1.81. The van der Waals surface area contributed by atoms with Crippen molar-refractivity contribution in [1.82, 2.24) is 9.55 Å². The summed E-state index contributed by atoms with van der Waals surface area (Å²) in [5, 5.41) is 0.0570. The summed E-state index contributed by atoms with van der Waals surface area (Å²) in [4.78, 5) is 29.3. The van der Waals surface area contributed by atoms with Gasteiger partial charge in [0.05, 0.1) is 21.7 Å². The van der Waals surface area contributed by atoms with Crippen LogP contribution in [0.5, 0.6) is 0 Å². The van der Waals surface area contributed by atoms with Crippen LogP contribution in [0.3, 0.4) is 0 Å². The molecular formula is C18H22BrFN2O5S. The van der Waals surface area contributed by atoms with E-state index < -0.39 is 37.5 Å². The molecule has 1 aromatic carbocycles. The SMILES string of the molecule is CC(C)(C)OC(=O)C(C)(CCn1cnc2cc(Br)c(F)cc2c1=O)S(C)(=O)=O. The van der Waals surface area contributed by atoms with Crippen LogP contribution in [0.25, 0.3) is 10.9 Å². The molecule has 0 bridgehead atoms. The number of esters is 1. The van der Waals surface area contributed by atoms with Crippen molar-refractivity contribution < 1.29 is 22.3 Å². The van der Waals surface area contributed by atoms with Gasteiger partial charge in [0, 0.05) is 12.8 Å². The van der Waals surface area contributed by atoms with E-state index in [1.165, 1.54) is 19.3 Å². The third-order valence-corrected chi connectivity index (χ3v) is 6.96. The summed E-state index contributed by atoms with van der Waals surface area (Å²) in [6, 6.07) is 2.45. The third-order valence-electron chi connectivity index (χ3n) is 4.34. The molecule has 1 heterocycles. The van der Waals surface area contributed by atoms with Crippen molar-refractivity contribution in [1.29, 1.82) is 0 Å². The summed E-state index contributed by atoms with van der Waals surface area (Å²) >= 11 is 3.04. The van der Waals surface area contributed by atoms with E-state index in [9.17, 15) is 22.4 Å². The van der Waals surface area contributed by atoms with Crippen LogP contribution >= 0.6 is 15.9 Å². The molecule has 0 amide bonds. The Morgan fingerprint density at radius 1 is 1.29 bits per heavy atom. The largest absolute Gasteiger partial charge is 0.459 e. The first-order valence-electron chi connectivity index (χ1n) is 8.43. The summed E-state index contributed by atoms with van der Waals surface area (Å²) in [5.74, 6) is -1.50. The van der Waals surface area contributed by atoms with Gasteiger partial charge in [0.15, 0.2) is 14.6 Å². The minimum atomic E-state index is -3.85. The van der Waals surface area contributed by atoms with Crippen molar-refractivity contribution in [3.05, 3.63) is 39.1 Å². The number of ether oxygens (including phenoxy) is 1. The van der Waals surface area contributed by atoms with Crippen LogP contribution in [0.1, 0.15) is 34.1 Å². The topological polar surface area (TPSA) is 95.3 Å². The molecule has 0 saturated heterocycles. The van der Waals surface area contributed by atoms with Crippen LogP contribution in [-0.2, 0) is 25.9 Å². The first kappa shape index (κ1) is 22.5. The van der Waals surface area contributed by atoms with Crippen molar-refractivity contribution in [3.8, 4) is 0 Å². The number of aromatic nitrogens is 2. The summed E-state index contributed by atoms with van der Waals surface area (Å²) in [5.41, 5.74) is -1.10. The van der Waals surface area contributed by atoms with Gasteiger partial charge in [0.2, 0.25) is 0 Å². The van der Waals surface area contributed by atoms with Crippen LogP contribution < -0.4 is 5.56 Å². The molecule has 1 aromatic heterocycles. The fourth-order valence-electron chi connectivity index (χ4n) is 2.47. The van der Waals surface area contributed by atoms with Crippen LogP contribution in [0.4, 0.5) is 4.39 Å². The van der Waals surface area contributed by atoms with Gasteiger partial charge in [-0.1, -0.05) is 0 Å². The zero-order valence-corrected chi connectivity index (χ0v) is 18.6. The summed E-state index contributed by atoms with van der Waals surface area (Å²) in [7, 11) is -3.85. The Kier molecular flexibility index (Phi) is 6.06. The molecule has 1 atom stereocenters. The van der Waals surface area contributed by atoms with Gasteiger partial charge in [0.25, 0.3) is 5.56 Å². The van der Waals surface area contributed by atoms with Crippen LogP contribution in [-0.4, -0.2) is 40.5 Å². The quantitative estimate of drug-likeness (QED) is 0.615. The number of fused-ring (bicyclic) bond motifs is 1. The summed E-state index contributed by atoms with van der Waals surface area (Å²) < 4.78 is 43.2. The highest BCUT2D eigenvalue weighted by molar-refractivity contribution is 9.10. The van der Waals surface area contributed by atoms with E-state index >= 15 is 0 Å². The number of benzene rings is 1. The van der Waals surface area contributed by atoms with E-state index in [2.05, 4.69) is 20.9 Å². The number of halogens is 2. The van der Waals surface area contributed by atoms with Gasteiger partial charge in [-0.15, -0.1) is 0 Å². The predicted octanol–water partition coefficient (Wildman–Crippen LogP) is 2.83. The Balaban J connectivity index is 2.41. The van der Waals surface area contributed by atoms with Gasteiger partial charge in [-0.2, -0.15) is 0 Å². The molecule has 2 aromatic rings. The van der Waals surface area contributed by atoms with Gasteiger partial charge in [-0.3, -0.25) is 14.2 Å². The maximum Gasteiger partial charge on any atom is 0.327 e. The molecular weight excluding hydrogens is 455 g/mol. The molecule has 0 radical (unpaired) electrons. The molecule has 0 aliphatic rings. The lowest BCUT2D eigenvalue weighted by atomic mass is 10.1. The van der Waals surface area contributed by atoms with E-state index in [1.54, 1.807) is 20.8 Å². The van der Waals surface area contributed by atoms with Crippen LogP contribution in [0.2, 0.25) is 0 Å². The minimum absolute atomic E-state index is 0.0570. The van der Waals surface area contributed by atoms with E-state index in [-0.39, 0.29) is 22.8 Å². The van der Waals surface area contributed by atoms with E-state index in [0.29, 0.717) is 5.52 Å². The highest BCUT2D eigenvalue weighted by Crippen LogP contribution is 2.26. The average molecular weight is 477 g/mol. The molecule has 0 saturated carbocycles. The van der Waals surface area contributed by atoms with Gasteiger partial charge >= 0.3 is 5.97 Å². The molecule has 7 nitrogen and oxygen atoms in total. The second-order valence-corrected chi connectivity index (χ2v) is 11.1. The summed E-state index contributed by atoms with van der Waals surface area (Å²) in [6.45, 7) is 6.07. The summed E-state index contributed by atoms with van der Waals surface area (Å²) in [6.07, 6.45) is 1.99. The molecule has 0 fully saturated rings. The lowest BCUT2D eigenvalue weighted by Crippen LogP contribution is -2.48. The van der Waals surface area contributed by atoms with Crippen molar-refractivity contribution in [2.45, 2.75) is 51.0 Å². The maximum absolute atomic E-state index is 13.8.